The monoisotopic (exact) mass is 282 g/mol. The highest BCUT2D eigenvalue weighted by Gasteiger charge is 2.09. The highest BCUT2D eigenvalue weighted by molar-refractivity contribution is 6.29. The second kappa shape index (κ2) is 5.75. The van der Waals surface area contributed by atoms with Gasteiger partial charge in [-0.25, -0.2) is 13.8 Å². The first-order valence-corrected chi connectivity index (χ1v) is 5.79. The third-order valence-corrected chi connectivity index (χ3v) is 2.61. The van der Waals surface area contributed by atoms with Crippen molar-refractivity contribution < 1.29 is 13.6 Å². The summed E-state index contributed by atoms with van der Waals surface area (Å²) in [5.74, 6) is -1.85. The molecule has 0 bridgehead atoms. The molecule has 0 saturated carbocycles. The van der Waals surface area contributed by atoms with Crippen molar-refractivity contribution in [1.82, 2.24) is 10.3 Å². The Balaban J connectivity index is 2.04. The topological polar surface area (TPSA) is 42.0 Å². The lowest BCUT2D eigenvalue weighted by atomic mass is 10.2. The van der Waals surface area contributed by atoms with Crippen molar-refractivity contribution >= 4 is 17.5 Å². The summed E-state index contributed by atoms with van der Waals surface area (Å²) in [6, 6.07) is 7.78. The van der Waals surface area contributed by atoms with Crippen molar-refractivity contribution in [1.29, 1.82) is 0 Å². The zero-order valence-corrected chi connectivity index (χ0v) is 10.4. The molecule has 0 unspecified atom stereocenters. The smallest absolute Gasteiger partial charge is 0.270 e. The molecule has 0 atom stereocenters. The molecule has 6 heteroatoms. The van der Waals surface area contributed by atoms with E-state index in [9.17, 15) is 13.6 Å². The van der Waals surface area contributed by atoms with Crippen molar-refractivity contribution in [3.63, 3.8) is 0 Å². The third kappa shape index (κ3) is 3.48. The molecule has 0 aliphatic rings. The molecular formula is C13H9ClF2N2O. The first-order chi connectivity index (χ1) is 9.06. The van der Waals surface area contributed by atoms with Crippen LogP contribution in [-0.4, -0.2) is 10.9 Å². The number of benzene rings is 1. The Morgan fingerprint density at radius 3 is 2.74 bits per heavy atom. The van der Waals surface area contributed by atoms with Crippen molar-refractivity contribution in [2.45, 2.75) is 6.54 Å². The van der Waals surface area contributed by atoms with Crippen LogP contribution in [-0.2, 0) is 6.54 Å². The molecule has 0 radical (unpaired) electrons. The minimum Gasteiger partial charge on any atom is -0.347 e. The molecule has 0 saturated heterocycles. The molecule has 1 aromatic carbocycles. The minimum atomic E-state index is -0.709. The minimum absolute atomic E-state index is 0.0564. The molecule has 1 heterocycles. The number of halogens is 3. The lowest BCUT2D eigenvalue weighted by Crippen LogP contribution is -2.24. The molecule has 3 nitrogen and oxygen atoms in total. The van der Waals surface area contributed by atoms with E-state index in [1.54, 1.807) is 6.07 Å². The van der Waals surface area contributed by atoms with E-state index < -0.39 is 17.5 Å². The zero-order valence-electron chi connectivity index (χ0n) is 9.66. The fourth-order valence-corrected chi connectivity index (χ4v) is 1.63. The number of carbonyl (C=O) groups is 1. The number of rotatable bonds is 3. The van der Waals surface area contributed by atoms with E-state index in [0.717, 1.165) is 12.1 Å². The normalized spacial score (nSPS) is 10.3. The Morgan fingerprint density at radius 1 is 1.26 bits per heavy atom. The maximum absolute atomic E-state index is 13.3. The average Bonchev–Trinajstić information content (AvgIpc) is 2.37. The van der Waals surface area contributed by atoms with Gasteiger partial charge in [-0.2, -0.15) is 0 Å². The van der Waals surface area contributed by atoms with Crippen LogP contribution >= 0.6 is 11.6 Å². The highest BCUT2D eigenvalue weighted by Crippen LogP contribution is 2.10. The molecule has 2 aromatic rings. The van der Waals surface area contributed by atoms with Gasteiger partial charge >= 0.3 is 0 Å². The molecule has 1 amide bonds. The molecule has 0 aliphatic carbocycles. The van der Waals surface area contributed by atoms with E-state index in [2.05, 4.69) is 10.3 Å². The Hall–Kier alpha value is -2.01. The predicted octanol–water partition coefficient (Wildman–Crippen LogP) is 2.94. The fourth-order valence-electron chi connectivity index (χ4n) is 1.47. The first-order valence-electron chi connectivity index (χ1n) is 5.41. The SMILES string of the molecule is O=C(NCc1ccc(F)cc1F)c1cccc(Cl)n1. The largest absolute Gasteiger partial charge is 0.347 e. The van der Waals surface area contributed by atoms with Gasteiger partial charge in [0.1, 0.15) is 22.5 Å². The number of aromatic nitrogens is 1. The van der Waals surface area contributed by atoms with Gasteiger partial charge in [0, 0.05) is 18.2 Å². The third-order valence-electron chi connectivity index (χ3n) is 2.40. The van der Waals surface area contributed by atoms with Gasteiger partial charge in [0.2, 0.25) is 0 Å². The van der Waals surface area contributed by atoms with Crippen LogP contribution in [0.1, 0.15) is 16.1 Å². The molecule has 19 heavy (non-hydrogen) atoms. The summed E-state index contributed by atoms with van der Waals surface area (Å²) in [5.41, 5.74) is 0.326. The van der Waals surface area contributed by atoms with E-state index in [4.69, 9.17) is 11.6 Å². The van der Waals surface area contributed by atoms with Crippen LogP contribution in [0.5, 0.6) is 0 Å². The standard InChI is InChI=1S/C13H9ClF2N2O/c14-12-3-1-2-11(18-12)13(19)17-7-8-4-5-9(15)6-10(8)16/h1-6H,7H2,(H,17,19). The molecule has 1 N–H and O–H groups in total. The van der Waals surface area contributed by atoms with Gasteiger partial charge in [0.25, 0.3) is 5.91 Å². The Kier molecular flexibility index (Phi) is 4.06. The van der Waals surface area contributed by atoms with E-state index in [1.807, 2.05) is 0 Å². The summed E-state index contributed by atoms with van der Waals surface area (Å²) >= 11 is 5.66. The first kappa shape index (κ1) is 13.4. The summed E-state index contributed by atoms with van der Waals surface area (Å²) in [6.45, 7) is -0.0564. The van der Waals surface area contributed by atoms with Crippen LogP contribution in [0, 0.1) is 11.6 Å². The molecular weight excluding hydrogens is 274 g/mol. The lowest BCUT2D eigenvalue weighted by molar-refractivity contribution is 0.0945. The summed E-state index contributed by atoms with van der Waals surface area (Å²) < 4.78 is 26.0. The van der Waals surface area contributed by atoms with Gasteiger partial charge in [0.15, 0.2) is 0 Å². The summed E-state index contributed by atoms with van der Waals surface area (Å²) in [6.07, 6.45) is 0. The van der Waals surface area contributed by atoms with E-state index in [-0.39, 0.29) is 23.0 Å². The maximum Gasteiger partial charge on any atom is 0.270 e. The highest BCUT2D eigenvalue weighted by atomic mass is 35.5. The van der Waals surface area contributed by atoms with E-state index >= 15 is 0 Å². The summed E-state index contributed by atoms with van der Waals surface area (Å²) in [7, 11) is 0. The van der Waals surface area contributed by atoms with Crippen molar-refractivity contribution in [3.8, 4) is 0 Å². The predicted molar refractivity (Wildman–Crippen MR) is 66.8 cm³/mol. The van der Waals surface area contributed by atoms with Gasteiger partial charge in [-0.05, 0) is 18.2 Å². The van der Waals surface area contributed by atoms with Crippen LogP contribution in [0.25, 0.3) is 0 Å². The second-order valence-corrected chi connectivity index (χ2v) is 4.15. The zero-order chi connectivity index (χ0) is 13.8. The summed E-state index contributed by atoms with van der Waals surface area (Å²) in [4.78, 5) is 15.5. The quantitative estimate of drug-likeness (QED) is 0.880. The number of amides is 1. The van der Waals surface area contributed by atoms with Crippen LogP contribution in [0.3, 0.4) is 0 Å². The van der Waals surface area contributed by atoms with Crippen molar-refractivity contribution in [3.05, 3.63) is 64.4 Å². The number of carbonyl (C=O) groups excluding carboxylic acids is 1. The van der Waals surface area contributed by atoms with Gasteiger partial charge in [-0.15, -0.1) is 0 Å². The van der Waals surface area contributed by atoms with Gasteiger partial charge in [-0.1, -0.05) is 23.7 Å². The maximum atomic E-state index is 13.3. The Morgan fingerprint density at radius 2 is 2.05 bits per heavy atom. The molecule has 98 valence electrons. The van der Waals surface area contributed by atoms with Crippen molar-refractivity contribution in [2.75, 3.05) is 0 Å². The van der Waals surface area contributed by atoms with Crippen LogP contribution < -0.4 is 5.32 Å². The van der Waals surface area contributed by atoms with Crippen LogP contribution in [0.15, 0.2) is 36.4 Å². The summed E-state index contributed by atoms with van der Waals surface area (Å²) in [5, 5.41) is 2.68. The Labute approximate surface area is 113 Å². The molecule has 2 rings (SSSR count). The number of nitrogens with zero attached hydrogens (tertiary/aromatic N) is 1. The molecule has 1 aromatic heterocycles. The van der Waals surface area contributed by atoms with Crippen molar-refractivity contribution in [2.24, 2.45) is 0 Å². The molecule has 0 aliphatic heterocycles. The Bertz CT molecular complexity index is 619. The lowest BCUT2D eigenvalue weighted by Gasteiger charge is -2.06. The van der Waals surface area contributed by atoms with Gasteiger partial charge < -0.3 is 5.32 Å². The second-order valence-electron chi connectivity index (χ2n) is 3.76. The number of hydrogen-bond donors (Lipinski definition) is 1. The number of hydrogen-bond acceptors (Lipinski definition) is 2. The number of nitrogens with one attached hydrogen (secondary N) is 1. The van der Waals surface area contributed by atoms with Crippen LogP contribution in [0.4, 0.5) is 8.78 Å². The molecule has 0 spiro atoms. The average molecular weight is 283 g/mol. The number of pyridine rings is 1. The van der Waals surface area contributed by atoms with Gasteiger partial charge in [0.05, 0.1) is 0 Å². The fraction of sp³-hybridized carbons (Fsp3) is 0.0769. The van der Waals surface area contributed by atoms with E-state index in [1.165, 1.54) is 18.2 Å². The van der Waals surface area contributed by atoms with E-state index in [0.29, 0.717) is 0 Å². The molecule has 0 fully saturated rings. The van der Waals surface area contributed by atoms with Gasteiger partial charge in [-0.3, -0.25) is 4.79 Å². The van der Waals surface area contributed by atoms with Crippen LogP contribution in [0.2, 0.25) is 5.15 Å².